The highest BCUT2D eigenvalue weighted by Gasteiger charge is 2.21. The van der Waals surface area contributed by atoms with Gasteiger partial charge in [-0.2, -0.15) is 0 Å². The van der Waals surface area contributed by atoms with E-state index < -0.39 is 0 Å². The molecule has 20 heavy (non-hydrogen) atoms. The molecule has 1 atom stereocenters. The third-order valence-electron chi connectivity index (χ3n) is 3.61. The van der Waals surface area contributed by atoms with Crippen LogP contribution in [0.25, 0.3) is 11.4 Å². The first-order valence-corrected chi connectivity index (χ1v) is 6.66. The molecule has 1 aliphatic heterocycles. The van der Waals surface area contributed by atoms with Gasteiger partial charge in [-0.15, -0.1) is 0 Å². The Labute approximate surface area is 118 Å². The zero-order valence-electron chi connectivity index (χ0n) is 11.7. The van der Waals surface area contributed by atoms with Crippen LogP contribution in [-0.4, -0.2) is 37.0 Å². The van der Waals surface area contributed by atoms with Gasteiger partial charge in [-0.3, -0.25) is 0 Å². The standard InChI is InChI=1S/C15H18N2O3/c1-18-13-4-3-11(9-14(13)19-2)15-16-6-7-17(15)12-5-8-20-10-12/h3-4,6-7,9,12H,5,8,10H2,1-2H3. The van der Waals surface area contributed by atoms with E-state index in [0.717, 1.165) is 36.8 Å². The number of nitrogens with zero attached hydrogens (tertiary/aromatic N) is 2. The predicted molar refractivity (Wildman–Crippen MR) is 75.2 cm³/mol. The summed E-state index contributed by atoms with van der Waals surface area (Å²) in [5.41, 5.74) is 1.01. The molecule has 1 aromatic carbocycles. The molecular weight excluding hydrogens is 256 g/mol. The average Bonchev–Trinajstić information content (AvgIpc) is 3.16. The molecule has 2 aromatic rings. The summed E-state index contributed by atoms with van der Waals surface area (Å²) in [7, 11) is 3.27. The quantitative estimate of drug-likeness (QED) is 0.859. The molecule has 3 rings (SSSR count). The molecule has 0 bridgehead atoms. The lowest BCUT2D eigenvalue weighted by Gasteiger charge is -2.15. The van der Waals surface area contributed by atoms with Crippen LogP contribution in [0.3, 0.4) is 0 Å². The second-order valence-corrected chi connectivity index (χ2v) is 4.75. The molecule has 1 saturated heterocycles. The Hall–Kier alpha value is -2.01. The van der Waals surface area contributed by atoms with Crippen molar-refractivity contribution in [2.45, 2.75) is 12.5 Å². The van der Waals surface area contributed by atoms with E-state index in [4.69, 9.17) is 14.2 Å². The first kappa shape index (κ1) is 13.0. The van der Waals surface area contributed by atoms with E-state index in [9.17, 15) is 0 Å². The van der Waals surface area contributed by atoms with E-state index in [0.29, 0.717) is 11.8 Å². The molecule has 0 saturated carbocycles. The lowest BCUT2D eigenvalue weighted by atomic mass is 10.1. The first-order chi connectivity index (χ1) is 9.83. The van der Waals surface area contributed by atoms with Crippen LogP contribution >= 0.6 is 0 Å². The van der Waals surface area contributed by atoms with E-state index in [1.165, 1.54) is 0 Å². The fourth-order valence-corrected chi connectivity index (χ4v) is 2.55. The molecule has 1 fully saturated rings. The summed E-state index contributed by atoms with van der Waals surface area (Å²) in [5, 5.41) is 0. The van der Waals surface area contributed by atoms with Crippen molar-refractivity contribution in [2.24, 2.45) is 0 Å². The van der Waals surface area contributed by atoms with Gasteiger partial charge in [0.05, 0.1) is 26.9 Å². The van der Waals surface area contributed by atoms with Crippen LogP contribution in [0.4, 0.5) is 0 Å². The van der Waals surface area contributed by atoms with Gasteiger partial charge in [-0.25, -0.2) is 4.98 Å². The van der Waals surface area contributed by atoms with E-state index in [1.54, 1.807) is 14.2 Å². The van der Waals surface area contributed by atoms with Gasteiger partial charge in [0.1, 0.15) is 5.82 Å². The van der Waals surface area contributed by atoms with Crippen molar-refractivity contribution >= 4 is 0 Å². The topological polar surface area (TPSA) is 45.5 Å². The zero-order valence-corrected chi connectivity index (χ0v) is 11.7. The van der Waals surface area contributed by atoms with Crippen molar-refractivity contribution in [3.8, 4) is 22.9 Å². The molecule has 5 nitrogen and oxygen atoms in total. The first-order valence-electron chi connectivity index (χ1n) is 6.66. The lowest BCUT2D eigenvalue weighted by molar-refractivity contribution is 0.187. The predicted octanol–water partition coefficient (Wildman–Crippen LogP) is 2.53. The van der Waals surface area contributed by atoms with Gasteiger partial charge in [-0.05, 0) is 24.6 Å². The average molecular weight is 274 g/mol. The van der Waals surface area contributed by atoms with Crippen molar-refractivity contribution in [1.29, 1.82) is 0 Å². The number of rotatable bonds is 4. The van der Waals surface area contributed by atoms with Gasteiger partial charge in [0, 0.05) is 24.6 Å². The van der Waals surface area contributed by atoms with E-state index in [1.807, 2.05) is 30.6 Å². The molecule has 0 N–H and O–H groups in total. The lowest BCUT2D eigenvalue weighted by Crippen LogP contribution is -2.09. The van der Waals surface area contributed by atoms with E-state index >= 15 is 0 Å². The minimum absolute atomic E-state index is 0.362. The van der Waals surface area contributed by atoms with Gasteiger partial charge in [0.15, 0.2) is 11.5 Å². The number of imidazole rings is 1. The second kappa shape index (κ2) is 5.54. The van der Waals surface area contributed by atoms with E-state index in [2.05, 4.69) is 9.55 Å². The summed E-state index contributed by atoms with van der Waals surface area (Å²) < 4.78 is 18.3. The monoisotopic (exact) mass is 274 g/mol. The minimum Gasteiger partial charge on any atom is -0.493 e. The molecule has 1 unspecified atom stereocenters. The molecule has 2 heterocycles. The molecule has 0 amide bonds. The van der Waals surface area contributed by atoms with Crippen LogP contribution in [0.15, 0.2) is 30.6 Å². The Bertz CT molecular complexity index is 589. The summed E-state index contributed by atoms with van der Waals surface area (Å²) >= 11 is 0. The maximum Gasteiger partial charge on any atom is 0.161 e. The highest BCUT2D eigenvalue weighted by molar-refractivity contribution is 5.61. The summed E-state index contributed by atoms with van der Waals surface area (Å²) in [6.07, 6.45) is 4.85. The normalized spacial score (nSPS) is 18.2. The third kappa shape index (κ3) is 2.25. The van der Waals surface area contributed by atoms with Crippen molar-refractivity contribution < 1.29 is 14.2 Å². The molecule has 0 radical (unpaired) electrons. The van der Waals surface area contributed by atoms with Crippen molar-refractivity contribution in [3.05, 3.63) is 30.6 Å². The fourth-order valence-electron chi connectivity index (χ4n) is 2.55. The Kier molecular flexibility index (Phi) is 3.60. The Morgan fingerprint density at radius 3 is 2.80 bits per heavy atom. The molecule has 0 spiro atoms. The van der Waals surface area contributed by atoms with Crippen molar-refractivity contribution in [1.82, 2.24) is 9.55 Å². The van der Waals surface area contributed by atoms with Crippen LogP contribution in [-0.2, 0) is 4.74 Å². The Morgan fingerprint density at radius 1 is 1.25 bits per heavy atom. The molecule has 1 aliphatic rings. The highest BCUT2D eigenvalue weighted by atomic mass is 16.5. The summed E-state index contributed by atoms with van der Waals surface area (Å²) in [4.78, 5) is 4.47. The number of hydrogen-bond donors (Lipinski definition) is 0. The van der Waals surface area contributed by atoms with Crippen LogP contribution in [0.1, 0.15) is 12.5 Å². The van der Waals surface area contributed by atoms with Gasteiger partial charge >= 0.3 is 0 Å². The zero-order chi connectivity index (χ0) is 13.9. The van der Waals surface area contributed by atoms with Gasteiger partial charge in [0.2, 0.25) is 0 Å². The Balaban J connectivity index is 1.99. The fraction of sp³-hybridized carbons (Fsp3) is 0.400. The SMILES string of the molecule is COc1ccc(-c2nccn2C2CCOC2)cc1OC. The molecule has 5 heteroatoms. The number of methoxy groups -OCH3 is 2. The maximum atomic E-state index is 5.46. The summed E-state index contributed by atoms with van der Waals surface area (Å²) in [6.45, 7) is 1.56. The number of hydrogen-bond acceptors (Lipinski definition) is 4. The van der Waals surface area contributed by atoms with Gasteiger partial charge < -0.3 is 18.8 Å². The second-order valence-electron chi connectivity index (χ2n) is 4.75. The summed E-state index contributed by atoms with van der Waals surface area (Å²) in [5.74, 6) is 2.36. The van der Waals surface area contributed by atoms with Crippen LogP contribution < -0.4 is 9.47 Å². The van der Waals surface area contributed by atoms with Crippen molar-refractivity contribution in [3.63, 3.8) is 0 Å². The summed E-state index contributed by atoms with van der Waals surface area (Å²) in [6, 6.07) is 6.21. The van der Waals surface area contributed by atoms with Crippen LogP contribution in [0, 0.1) is 0 Å². The van der Waals surface area contributed by atoms with Crippen molar-refractivity contribution in [2.75, 3.05) is 27.4 Å². The molecule has 0 aliphatic carbocycles. The minimum atomic E-state index is 0.362. The maximum absolute atomic E-state index is 5.46. The molecular formula is C15H18N2O3. The van der Waals surface area contributed by atoms with Gasteiger partial charge in [-0.1, -0.05) is 0 Å². The largest absolute Gasteiger partial charge is 0.493 e. The van der Waals surface area contributed by atoms with E-state index in [-0.39, 0.29) is 0 Å². The van der Waals surface area contributed by atoms with Crippen LogP contribution in [0.2, 0.25) is 0 Å². The molecule has 106 valence electrons. The van der Waals surface area contributed by atoms with Crippen LogP contribution in [0.5, 0.6) is 11.5 Å². The highest BCUT2D eigenvalue weighted by Crippen LogP contribution is 2.33. The molecule has 1 aromatic heterocycles. The van der Waals surface area contributed by atoms with Gasteiger partial charge in [0.25, 0.3) is 0 Å². The third-order valence-corrected chi connectivity index (χ3v) is 3.61. The number of aromatic nitrogens is 2. The smallest absolute Gasteiger partial charge is 0.161 e. The Morgan fingerprint density at radius 2 is 2.10 bits per heavy atom. The number of ether oxygens (including phenoxy) is 3. The number of benzene rings is 1.